The Morgan fingerprint density at radius 2 is 1.23 bits per heavy atom. The van der Waals surface area contributed by atoms with E-state index in [0.717, 1.165) is 34.1 Å². The summed E-state index contributed by atoms with van der Waals surface area (Å²) in [5.41, 5.74) is 3.96. The van der Waals surface area contributed by atoms with Crippen LogP contribution in [0.2, 0.25) is 0 Å². The lowest BCUT2D eigenvalue weighted by molar-refractivity contribution is -0.140. The summed E-state index contributed by atoms with van der Waals surface area (Å²) in [5.74, 6) is -1.45. The zero-order valence-electron chi connectivity index (χ0n) is 36.4. The lowest BCUT2D eigenvalue weighted by Crippen LogP contribution is -2.55. The van der Waals surface area contributed by atoms with E-state index in [2.05, 4.69) is 66.4 Å². The lowest BCUT2D eigenvalue weighted by Gasteiger charge is -2.35. The smallest absolute Gasteiger partial charge is 0.407 e. The van der Waals surface area contributed by atoms with Crippen LogP contribution in [0.4, 0.5) is 21.0 Å². The van der Waals surface area contributed by atoms with Crippen LogP contribution in [0.15, 0.2) is 76.8 Å². The largest absolute Gasteiger partial charge is 0.453 e. The van der Waals surface area contributed by atoms with Gasteiger partial charge in [0.2, 0.25) is 23.6 Å². The second-order valence-corrected chi connectivity index (χ2v) is 18.0. The number of carbonyl (C=O) groups excluding carboxylic acids is 6. The average Bonchev–Trinajstić information content (AvgIpc) is 4.06. The monoisotopic (exact) mass is 917 g/mol. The molecule has 7 atom stereocenters. The van der Waals surface area contributed by atoms with Gasteiger partial charge in [0.1, 0.15) is 24.2 Å². The number of likely N-dealkylation sites (tertiary alicyclic amines) is 2. The third-order valence-electron chi connectivity index (χ3n) is 12.4. The fourth-order valence-electron chi connectivity index (χ4n) is 9.09. The minimum absolute atomic E-state index is 0.0464. The number of anilines is 2. The van der Waals surface area contributed by atoms with Gasteiger partial charge in [0.25, 0.3) is 0 Å². The fraction of sp³-hybridized carbons (Fsp3) is 0.522. The molecule has 0 saturated carbocycles. The van der Waals surface area contributed by atoms with E-state index in [1.807, 2.05) is 70.2 Å². The van der Waals surface area contributed by atoms with Gasteiger partial charge >= 0.3 is 12.2 Å². The van der Waals surface area contributed by atoms with E-state index >= 15 is 0 Å². The molecule has 2 aromatic carbocycles. The molecule has 3 aliphatic heterocycles. The fourth-order valence-corrected chi connectivity index (χ4v) is 9.35. The van der Waals surface area contributed by atoms with Crippen LogP contribution in [-0.2, 0) is 28.7 Å². The van der Waals surface area contributed by atoms with Gasteiger partial charge in [0.05, 0.1) is 32.3 Å². The van der Waals surface area contributed by atoms with Crippen LogP contribution in [0, 0.1) is 11.8 Å². The van der Waals surface area contributed by atoms with Crippen LogP contribution in [0.5, 0.6) is 0 Å². The second kappa shape index (κ2) is 20.7. The molecule has 15 nitrogen and oxygen atoms in total. The molecule has 4 N–H and O–H groups in total. The van der Waals surface area contributed by atoms with Gasteiger partial charge in [-0.2, -0.15) is 0 Å². The molecule has 0 spiro atoms. The number of hydrogen-bond acceptors (Lipinski definition) is 9. The molecule has 3 saturated heterocycles. The Hall–Kier alpha value is -5.38. The molecular formula is C46H60BrN7O8. The third-order valence-corrected chi connectivity index (χ3v) is 12.9. The van der Waals surface area contributed by atoms with Crippen molar-refractivity contribution < 1.29 is 38.2 Å². The first-order chi connectivity index (χ1) is 29.7. The van der Waals surface area contributed by atoms with Crippen molar-refractivity contribution in [2.45, 2.75) is 115 Å². The van der Waals surface area contributed by atoms with Crippen molar-refractivity contribution in [3.8, 4) is 0 Å². The maximum absolute atomic E-state index is 13.6. The van der Waals surface area contributed by atoms with E-state index < -0.39 is 36.4 Å². The Bertz CT molecular complexity index is 2020. The summed E-state index contributed by atoms with van der Waals surface area (Å²) in [6, 6.07) is 13.2. The molecule has 6 rings (SSSR count). The first kappa shape index (κ1) is 46.1. The number of hydrogen-bond donors (Lipinski definition) is 4. The Morgan fingerprint density at radius 1 is 0.694 bits per heavy atom. The van der Waals surface area contributed by atoms with Crippen molar-refractivity contribution in [1.82, 2.24) is 25.8 Å². The predicted octanol–water partition coefficient (Wildman–Crippen LogP) is 6.21. The number of amides is 6. The summed E-state index contributed by atoms with van der Waals surface area (Å²) in [4.78, 5) is 83.9. The number of nitrogens with one attached hydrogen (secondary N) is 4. The minimum Gasteiger partial charge on any atom is -0.453 e. The van der Waals surface area contributed by atoms with Crippen molar-refractivity contribution in [2.75, 3.05) is 37.5 Å². The minimum atomic E-state index is -0.810. The summed E-state index contributed by atoms with van der Waals surface area (Å²) in [6.45, 7) is 8.24. The SMILES string of the molecule is COC(=O)N[C@H](C(=O)N1CCCC1C(=O)NC1C=CC([C@H]2CC[C@H](c3ccc(NC(=O)[C@@H]4CCCN4C(=O)[C@@H](NC(=O)OC)C(C)C)cc3)N2c2ccc(Br)cc2)=CC1)C(C)C. The number of rotatable bonds is 13. The third kappa shape index (κ3) is 10.6. The standard InChI is InChI=1S/C46H60BrN7O8/c1-27(2)39(50-45(59)61-5)43(57)52-25-7-9-37(52)41(55)48-32-17-11-29(12-18-32)35-23-24-36(54(35)34-21-15-31(47)16-22-34)30-13-19-33(20-14-30)49-42(56)38-10-8-26-53(38)44(58)40(28(3)4)51-46(60)62-6/h11-19,21-22,27-28,33,35-40H,7-10,20,23-26H2,1-6H3,(H,48,55)(H,49,56)(H,50,59)(H,51,60)/t33?,35-,36-,37+,38?,39+,40+/m1/s1. The van der Waals surface area contributed by atoms with E-state index in [1.54, 1.807) is 9.80 Å². The number of alkyl carbamates (subject to hydrolysis) is 2. The van der Waals surface area contributed by atoms with Crippen LogP contribution in [0.25, 0.3) is 0 Å². The Morgan fingerprint density at radius 3 is 1.73 bits per heavy atom. The molecule has 3 fully saturated rings. The van der Waals surface area contributed by atoms with E-state index in [-0.39, 0.29) is 53.6 Å². The lowest BCUT2D eigenvalue weighted by atomic mass is 9.95. The molecule has 0 bridgehead atoms. The second-order valence-electron chi connectivity index (χ2n) is 17.1. The molecule has 6 amide bonds. The Labute approximate surface area is 372 Å². The highest BCUT2D eigenvalue weighted by Crippen LogP contribution is 2.44. The van der Waals surface area contributed by atoms with Gasteiger partial charge in [-0.3, -0.25) is 19.2 Å². The molecule has 4 aliphatic rings. The highest BCUT2D eigenvalue weighted by molar-refractivity contribution is 9.10. The summed E-state index contributed by atoms with van der Waals surface area (Å²) in [7, 11) is 2.50. The summed E-state index contributed by atoms with van der Waals surface area (Å²) < 4.78 is 10.4. The molecule has 2 aromatic rings. The van der Waals surface area contributed by atoms with E-state index in [1.165, 1.54) is 14.2 Å². The van der Waals surface area contributed by atoms with Crippen LogP contribution in [-0.4, -0.2) is 109 Å². The zero-order chi connectivity index (χ0) is 44.7. The van der Waals surface area contributed by atoms with Crippen LogP contribution in [0.3, 0.4) is 0 Å². The number of halogens is 1. The molecular weight excluding hydrogens is 858 g/mol. The maximum Gasteiger partial charge on any atom is 0.407 e. The van der Waals surface area contributed by atoms with Gasteiger partial charge in [-0.25, -0.2) is 9.59 Å². The first-order valence-corrected chi connectivity index (χ1v) is 22.4. The first-order valence-electron chi connectivity index (χ1n) is 21.6. The van der Waals surface area contributed by atoms with Gasteiger partial charge in [-0.1, -0.05) is 74.0 Å². The number of carbonyl (C=O) groups is 6. The van der Waals surface area contributed by atoms with Gasteiger partial charge in [-0.15, -0.1) is 0 Å². The Balaban J connectivity index is 1.11. The molecule has 0 aromatic heterocycles. The van der Waals surface area contributed by atoms with Crippen LogP contribution >= 0.6 is 15.9 Å². The van der Waals surface area contributed by atoms with Crippen molar-refractivity contribution >= 4 is 63.1 Å². The summed E-state index contributed by atoms with van der Waals surface area (Å²) in [5, 5.41) is 11.4. The number of benzene rings is 2. The van der Waals surface area contributed by atoms with Gasteiger partial charge in [0.15, 0.2) is 0 Å². The quantitative estimate of drug-likeness (QED) is 0.182. The van der Waals surface area contributed by atoms with Crippen LogP contribution in [0.1, 0.15) is 84.2 Å². The molecule has 16 heteroatoms. The predicted molar refractivity (Wildman–Crippen MR) is 239 cm³/mol. The molecule has 0 radical (unpaired) electrons. The van der Waals surface area contributed by atoms with E-state index in [9.17, 15) is 28.8 Å². The van der Waals surface area contributed by atoms with E-state index in [4.69, 9.17) is 9.47 Å². The molecule has 334 valence electrons. The average molecular weight is 919 g/mol. The highest BCUT2D eigenvalue weighted by Gasteiger charge is 2.41. The van der Waals surface area contributed by atoms with Crippen molar-refractivity contribution in [3.63, 3.8) is 0 Å². The zero-order valence-corrected chi connectivity index (χ0v) is 38.0. The summed E-state index contributed by atoms with van der Waals surface area (Å²) >= 11 is 3.59. The summed E-state index contributed by atoms with van der Waals surface area (Å²) in [6.07, 6.45) is 9.80. The molecule has 62 heavy (non-hydrogen) atoms. The van der Waals surface area contributed by atoms with Crippen molar-refractivity contribution in [2.24, 2.45) is 11.8 Å². The van der Waals surface area contributed by atoms with Crippen LogP contribution < -0.4 is 26.2 Å². The van der Waals surface area contributed by atoms with Crippen molar-refractivity contribution in [1.29, 1.82) is 0 Å². The van der Waals surface area contributed by atoms with Crippen molar-refractivity contribution in [3.05, 3.63) is 82.4 Å². The van der Waals surface area contributed by atoms with Gasteiger partial charge in [-0.05, 0) is 104 Å². The highest BCUT2D eigenvalue weighted by atomic mass is 79.9. The number of nitrogens with zero attached hydrogens (tertiary/aromatic N) is 3. The Kier molecular flexibility index (Phi) is 15.4. The molecule has 2 unspecified atom stereocenters. The number of ether oxygens (including phenoxy) is 2. The van der Waals surface area contributed by atoms with Gasteiger partial charge in [0, 0.05) is 28.9 Å². The molecule has 1 aliphatic carbocycles. The number of methoxy groups -OCH3 is 2. The maximum atomic E-state index is 13.6. The normalized spacial score (nSPS) is 23.1. The topological polar surface area (TPSA) is 179 Å². The van der Waals surface area contributed by atoms with Gasteiger partial charge < -0.3 is 45.4 Å². The van der Waals surface area contributed by atoms with E-state index in [0.29, 0.717) is 50.9 Å². The molecule has 3 heterocycles.